The van der Waals surface area contributed by atoms with Gasteiger partial charge in [0.15, 0.2) is 0 Å². The molecular formula is C17H19ClFN. The van der Waals surface area contributed by atoms with E-state index in [1.807, 2.05) is 0 Å². The van der Waals surface area contributed by atoms with Crippen LogP contribution in [0.3, 0.4) is 0 Å². The van der Waals surface area contributed by atoms with Crippen LogP contribution >= 0.6 is 11.6 Å². The normalized spacial score (nSPS) is 12.4. The zero-order valence-corrected chi connectivity index (χ0v) is 12.5. The molecule has 2 aromatic carbocycles. The molecule has 3 heteroatoms. The Morgan fingerprint density at radius 3 is 2.50 bits per heavy atom. The molecule has 0 fully saturated rings. The van der Waals surface area contributed by atoms with E-state index in [4.69, 9.17) is 11.6 Å². The number of hydrogen-bond donors (Lipinski definition) is 1. The van der Waals surface area contributed by atoms with Crippen molar-refractivity contribution in [1.82, 2.24) is 5.32 Å². The number of rotatable bonds is 5. The first-order chi connectivity index (χ1) is 9.60. The lowest BCUT2D eigenvalue weighted by molar-refractivity contribution is 0.546. The molecule has 0 heterocycles. The average Bonchev–Trinajstić information content (AvgIpc) is 2.43. The second kappa shape index (κ2) is 6.87. The van der Waals surface area contributed by atoms with Gasteiger partial charge < -0.3 is 5.32 Å². The van der Waals surface area contributed by atoms with Crippen molar-refractivity contribution in [3.05, 3.63) is 70.0 Å². The van der Waals surface area contributed by atoms with Gasteiger partial charge in [0.1, 0.15) is 5.82 Å². The maximum atomic E-state index is 13.4. The van der Waals surface area contributed by atoms with Crippen LogP contribution in [0.25, 0.3) is 0 Å². The highest BCUT2D eigenvalue weighted by Crippen LogP contribution is 2.24. The van der Waals surface area contributed by atoms with Crippen LogP contribution in [0.1, 0.15) is 29.7 Å². The molecule has 0 aliphatic rings. The van der Waals surface area contributed by atoms with Gasteiger partial charge in [-0.3, -0.25) is 0 Å². The topological polar surface area (TPSA) is 12.0 Å². The highest BCUT2D eigenvalue weighted by Gasteiger charge is 2.13. The van der Waals surface area contributed by atoms with Gasteiger partial charge in [0.2, 0.25) is 0 Å². The van der Waals surface area contributed by atoms with Crippen LogP contribution in [-0.4, -0.2) is 6.54 Å². The molecule has 1 unspecified atom stereocenters. The summed E-state index contributed by atoms with van der Waals surface area (Å²) in [4.78, 5) is 0. The third-order valence-electron chi connectivity index (χ3n) is 3.36. The van der Waals surface area contributed by atoms with E-state index in [0.717, 1.165) is 12.1 Å². The molecule has 0 bridgehead atoms. The van der Waals surface area contributed by atoms with E-state index < -0.39 is 0 Å². The second-order valence-corrected chi connectivity index (χ2v) is 5.37. The molecule has 1 nitrogen and oxygen atoms in total. The predicted octanol–water partition coefficient (Wildman–Crippen LogP) is 4.68. The van der Waals surface area contributed by atoms with Gasteiger partial charge in [-0.05, 0) is 49.2 Å². The number of nitrogens with one attached hydrogen (secondary N) is 1. The average molecular weight is 292 g/mol. The number of benzene rings is 2. The Kier molecular flexibility index (Phi) is 5.16. The predicted molar refractivity (Wildman–Crippen MR) is 82.7 cm³/mol. The number of likely N-dealkylation sites (N-methyl/N-ethyl adjacent to an activating group) is 1. The molecule has 0 radical (unpaired) electrons. The Bertz CT molecular complexity index is 566. The molecule has 1 N–H and O–H groups in total. The number of hydrogen-bond acceptors (Lipinski definition) is 1. The van der Waals surface area contributed by atoms with Gasteiger partial charge >= 0.3 is 0 Å². The Labute approximate surface area is 124 Å². The molecule has 0 aliphatic carbocycles. The van der Waals surface area contributed by atoms with Crippen molar-refractivity contribution in [1.29, 1.82) is 0 Å². The molecule has 2 aromatic rings. The minimum atomic E-state index is -0.247. The van der Waals surface area contributed by atoms with E-state index in [2.05, 4.69) is 43.4 Å². The molecule has 2 rings (SSSR count). The van der Waals surface area contributed by atoms with Crippen molar-refractivity contribution in [2.24, 2.45) is 0 Å². The van der Waals surface area contributed by atoms with E-state index in [0.29, 0.717) is 11.4 Å². The molecule has 0 saturated carbocycles. The lowest BCUT2D eigenvalue weighted by Crippen LogP contribution is -2.23. The van der Waals surface area contributed by atoms with Crippen LogP contribution < -0.4 is 5.32 Å². The van der Waals surface area contributed by atoms with Gasteiger partial charge in [0, 0.05) is 11.1 Å². The van der Waals surface area contributed by atoms with Crippen molar-refractivity contribution in [2.75, 3.05) is 6.54 Å². The fourth-order valence-electron chi connectivity index (χ4n) is 2.27. The summed E-state index contributed by atoms with van der Waals surface area (Å²) in [5, 5.41) is 4.04. The van der Waals surface area contributed by atoms with E-state index in [-0.39, 0.29) is 11.9 Å². The summed E-state index contributed by atoms with van der Waals surface area (Å²) in [5.41, 5.74) is 3.25. The smallest absolute Gasteiger partial charge is 0.123 e. The molecule has 0 amide bonds. The van der Waals surface area contributed by atoms with Gasteiger partial charge in [0.05, 0.1) is 0 Å². The first kappa shape index (κ1) is 15.0. The van der Waals surface area contributed by atoms with Crippen molar-refractivity contribution in [2.45, 2.75) is 26.3 Å². The lowest BCUT2D eigenvalue weighted by Gasteiger charge is -2.19. The third kappa shape index (κ3) is 3.81. The van der Waals surface area contributed by atoms with Gasteiger partial charge in [0.25, 0.3) is 0 Å². The van der Waals surface area contributed by atoms with E-state index in [1.165, 1.54) is 23.3 Å². The zero-order valence-electron chi connectivity index (χ0n) is 11.8. The second-order valence-electron chi connectivity index (χ2n) is 4.96. The largest absolute Gasteiger partial charge is 0.310 e. The molecule has 0 saturated heterocycles. The van der Waals surface area contributed by atoms with Crippen LogP contribution in [0.5, 0.6) is 0 Å². The fraction of sp³-hybridized carbons (Fsp3) is 0.294. The minimum absolute atomic E-state index is 0.139. The highest BCUT2D eigenvalue weighted by atomic mass is 35.5. The first-order valence-electron chi connectivity index (χ1n) is 6.84. The van der Waals surface area contributed by atoms with Crippen molar-refractivity contribution in [3.63, 3.8) is 0 Å². The summed E-state index contributed by atoms with van der Waals surface area (Å²) in [6.45, 7) is 4.98. The standard InChI is InChI=1S/C17H19ClFN/c1-3-20-17(13-6-4-12(2)5-7-13)11-14-10-15(19)8-9-16(14)18/h4-10,17,20H,3,11H2,1-2H3. The van der Waals surface area contributed by atoms with Crippen molar-refractivity contribution in [3.8, 4) is 0 Å². The molecule has 106 valence electrons. The van der Waals surface area contributed by atoms with Gasteiger partial charge in [-0.2, -0.15) is 0 Å². The van der Waals surface area contributed by atoms with Crippen LogP contribution in [0, 0.1) is 12.7 Å². The van der Waals surface area contributed by atoms with Crippen LogP contribution in [-0.2, 0) is 6.42 Å². The Hall–Kier alpha value is -1.38. The van der Waals surface area contributed by atoms with E-state index in [9.17, 15) is 4.39 Å². The third-order valence-corrected chi connectivity index (χ3v) is 3.73. The summed E-state index contributed by atoms with van der Waals surface area (Å²) >= 11 is 6.16. The molecule has 0 aromatic heterocycles. The maximum absolute atomic E-state index is 13.4. The number of aryl methyl sites for hydroxylation is 1. The molecule has 0 spiro atoms. The summed E-state index contributed by atoms with van der Waals surface area (Å²) in [6.07, 6.45) is 0.674. The lowest BCUT2D eigenvalue weighted by atomic mass is 9.98. The number of halogens is 2. The van der Waals surface area contributed by atoms with Crippen LogP contribution in [0.4, 0.5) is 4.39 Å². The van der Waals surface area contributed by atoms with Crippen molar-refractivity contribution >= 4 is 11.6 Å². The summed E-state index contributed by atoms with van der Waals surface area (Å²) < 4.78 is 13.4. The van der Waals surface area contributed by atoms with E-state index >= 15 is 0 Å². The summed E-state index contributed by atoms with van der Waals surface area (Å²) in [7, 11) is 0. The molecular weight excluding hydrogens is 273 g/mol. The van der Waals surface area contributed by atoms with E-state index in [1.54, 1.807) is 6.07 Å². The van der Waals surface area contributed by atoms with Crippen LogP contribution in [0.15, 0.2) is 42.5 Å². The molecule has 20 heavy (non-hydrogen) atoms. The van der Waals surface area contributed by atoms with Gasteiger partial charge in [-0.25, -0.2) is 4.39 Å². The van der Waals surface area contributed by atoms with Crippen LogP contribution in [0.2, 0.25) is 5.02 Å². The maximum Gasteiger partial charge on any atom is 0.123 e. The summed E-state index contributed by atoms with van der Waals surface area (Å²) in [5.74, 6) is -0.247. The molecule has 0 aliphatic heterocycles. The Balaban J connectivity index is 2.25. The Morgan fingerprint density at radius 1 is 1.15 bits per heavy atom. The SMILES string of the molecule is CCNC(Cc1cc(F)ccc1Cl)c1ccc(C)cc1. The fourth-order valence-corrected chi connectivity index (χ4v) is 2.47. The first-order valence-corrected chi connectivity index (χ1v) is 7.22. The Morgan fingerprint density at radius 2 is 1.85 bits per heavy atom. The monoisotopic (exact) mass is 291 g/mol. The van der Waals surface area contributed by atoms with Crippen molar-refractivity contribution < 1.29 is 4.39 Å². The highest BCUT2D eigenvalue weighted by molar-refractivity contribution is 6.31. The van der Waals surface area contributed by atoms with Gasteiger partial charge in [-0.15, -0.1) is 0 Å². The minimum Gasteiger partial charge on any atom is -0.310 e. The summed E-state index contributed by atoms with van der Waals surface area (Å²) in [6, 6.07) is 13.1. The zero-order chi connectivity index (χ0) is 14.5. The molecule has 1 atom stereocenters. The quantitative estimate of drug-likeness (QED) is 0.843. The van der Waals surface area contributed by atoms with Gasteiger partial charge in [-0.1, -0.05) is 48.4 Å².